The van der Waals surface area contributed by atoms with Crippen LogP contribution in [0.4, 0.5) is 9.18 Å². The highest BCUT2D eigenvalue weighted by atomic mass is 19.1. The van der Waals surface area contributed by atoms with E-state index in [9.17, 15) is 14.0 Å². The van der Waals surface area contributed by atoms with Crippen molar-refractivity contribution in [2.24, 2.45) is 5.41 Å². The van der Waals surface area contributed by atoms with Gasteiger partial charge in [-0.05, 0) is 39.3 Å². The topological polar surface area (TPSA) is 88.9 Å². The highest BCUT2D eigenvalue weighted by Crippen LogP contribution is 2.36. The fourth-order valence-corrected chi connectivity index (χ4v) is 2.62. The van der Waals surface area contributed by atoms with Crippen LogP contribution in [0.25, 0.3) is 0 Å². The van der Waals surface area contributed by atoms with Crippen molar-refractivity contribution in [3.05, 3.63) is 29.6 Å². The van der Waals surface area contributed by atoms with Crippen molar-refractivity contribution < 1.29 is 28.2 Å². The second-order valence-electron chi connectivity index (χ2n) is 7.42. The fraction of sp³-hybridized carbons (Fsp3) is 0.526. The van der Waals surface area contributed by atoms with E-state index < -0.39 is 35.7 Å². The minimum absolute atomic E-state index is 0.0963. The Hall–Kier alpha value is -2.82. The Balaban J connectivity index is 1.85. The van der Waals surface area contributed by atoms with E-state index >= 15 is 0 Å². The molecule has 0 aliphatic carbocycles. The molecule has 0 saturated carbocycles. The molecule has 0 aromatic heterocycles. The summed E-state index contributed by atoms with van der Waals surface area (Å²) in [6.45, 7) is 7.19. The first-order chi connectivity index (χ1) is 12.6. The van der Waals surface area contributed by atoms with Gasteiger partial charge in [0.05, 0.1) is 5.56 Å². The molecule has 1 saturated heterocycles. The van der Waals surface area contributed by atoms with Crippen LogP contribution >= 0.6 is 0 Å². The molecule has 2 rings (SSSR count). The van der Waals surface area contributed by atoms with Gasteiger partial charge in [0.1, 0.15) is 28.7 Å². The van der Waals surface area contributed by atoms with E-state index in [-0.39, 0.29) is 24.4 Å². The fourth-order valence-electron chi connectivity index (χ4n) is 2.62. The van der Waals surface area contributed by atoms with Crippen molar-refractivity contribution in [1.82, 2.24) is 4.90 Å². The van der Waals surface area contributed by atoms with E-state index in [2.05, 4.69) is 0 Å². The van der Waals surface area contributed by atoms with E-state index in [1.165, 1.54) is 17.0 Å². The van der Waals surface area contributed by atoms with E-state index in [1.54, 1.807) is 26.8 Å². The number of hydrogen-bond acceptors (Lipinski definition) is 6. The first kappa shape index (κ1) is 20.5. The number of benzene rings is 1. The van der Waals surface area contributed by atoms with Gasteiger partial charge in [-0.2, -0.15) is 5.26 Å². The zero-order valence-electron chi connectivity index (χ0n) is 15.9. The molecule has 7 nitrogen and oxygen atoms in total. The van der Waals surface area contributed by atoms with Crippen molar-refractivity contribution in [2.45, 2.75) is 39.7 Å². The van der Waals surface area contributed by atoms with Crippen molar-refractivity contribution in [3.63, 3.8) is 0 Å². The number of likely N-dealkylation sites (tertiary alicyclic amines) is 1. The van der Waals surface area contributed by atoms with Gasteiger partial charge in [0.15, 0.2) is 0 Å². The van der Waals surface area contributed by atoms with Crippen LogP contribution in [0, 0.1) is 22.6 Å². The van der Waals surface area contributed by atoms with Gasteiger partial charge >= 0.3 is 12.1 Å². The zero-order valence-corrected chi connectivity index (χ0v) is 15.9. The average molecular weight is 378 g/mol. The molecule has 1 heterocycles. The molecule has 1 aliphatic heterocycles. The van der Waals surface area contributed by atoms with E-state index in [0.717, 1.165) is 6.07 Å². The summed E-state index contributed by atoms with van der Waals surface area (Å²) in [5.41, 5.74) is -1.50. The maximum atomic E-state index is 13.5. The summed E-state index contributed by atoms with van der Waals surface area (Å²) in [6, 6.07) is 5.46. The van der Waals surface area contributed by atoms with Gasteiger partial charge in [0.25, 0.3) is 0 Å². The van der Waals surface area contributed by atoms with Gasteiger partial charge in [-0.3, -0.25) is 4.79 Å². The highest BCUT2D eigenvalue weighted by Gasteiger charge is 2.52. The van der Waals surface area contributed by atoms with E-state index in [4.69, 9.17) is 19.5 Å². The molecule has 0 atom stereocenters. The van der Waals surface area contributed by atoms with Gasteiger partial charge < -0.3 is 19.1 Å². The summed E-state index contributed by atoms with van der Waals surface area (Å²) < 4.78 is 29.2. The van der Waals surface area contributed by atoms with Crippen molar-refractivity contribution >= 4 is 12.1 Å². The molecule has 1 fully saturated rings. The van der Waals surface area contributed by atoms with E-state index in [1.807, 2.05) is 6.92 Å². The molecule has 8 heteroatoms. The number of halogens is 1. The smallest absolute Gasteiger partial charge is 0.410 e. The molecule has 1 amide bonds. The number of esters is 1. The standard InChI is InChI=1S/C19H23FN2O5/c1-5-19(10-22(11-19)17(24)27-18(2,3)4)16(23)26-12-25-14-7-6-13(9-21)15(20)8-14/h6-8H,5,10-12H2,1-4H3. The van der Waals surface area contributed by atoms with Gasteiger partial charge in [0, 0.05) is 19.2 Å². The lowest BCUT2D eigenvalue weighted by atomic mass is 9.77. The molecule has 146 valence electrons. The third kappa shape index (κ3) is 4.88. The molecule has 0 spiro atoms. The monoisotopic (exact) mass is 378 g/mol. The molecule has 1 aromatic rings. The summed E-state index contributed by atoms with van der Waals surface area (Å²) in [6.07, 6.45) is 0.0278. The Labute approximate surface area is 157 Å². The maximum absolute atomic E-state index is 13.5. The third-order valence-electron chi connectivity index (χ3n) is 4.23. The largest absolute Gasteiger partial charge is 0.457 e. The van der Waals surface area contributed by atoms with E-state index in [0.29, 0.717) is 6.42 Å². The van der Waals surface area contributed by atoms with Crippen LogP contribution in [0.1, 0.15) is 39.7 Å². The third-order valence-corrected chi connectivity index (χ3v) is 4.23. The van der Waals surface area contributed by atoms with Gasteiger partial charge in [0.2, 0.25) is 6.79 Å². The van der Waals surface area contributed by atoms with Gasteiger partial charge in [-0.25, -0.2) is 9.18 Å². The Kier molecular flexibility index (Phi) is 5.94. The Morgan fingerprint density at radius 2 is 2.00 bits per heavy atom. The quantitative estimate of drug-likeness (QED) is 0.577. The Morgan fingerprint density at radius 1 is 1.33 bits per heavy atom. The van der Waals surface area contributed by atoms with Crippen LogP contribution in [-0.4, -0.2) is 42.4 Å². The summed E-state index contributed by atoms with van der Waals surface area (Å²) in [5, 5.41) is 8.69. The van der Waals surface area contributed by atoms with Crippen LogP contribution in [0.2, 0.25) is 0 Å². The molecule has 0 N–H and O–H groups in total. The number of carbonyl (C=O) groups is 2. The number of hydrogen-bond donors (Lipinski definition) is 0. The van der Waals surface area contributed by atoms with Crippen molar-refractivity contribution in [2.75, 3.05) is 19.9 Å². The van der Waals surface area contributed by atoms with Crippen molar-refractivity contribution in [1.29, 1.82) is 5.26 Å². The minimum Gasteiger partial charge on any atom is -0.457 e. The first-order valence-corrected chi connectivity index (χ1v) is 8.58. The molecule has 0 unspecified atom stereocenters. The number of ether oxygens (including phenoxy) is 3. The average Bonchev–Trinajstić information content (AvgIpc) is 2.53. The summed E-state index contributed by atoms with van der Waals surface area (Å²) >= 11 is 0. The summed E-state index contributed by atoms with van der Waals surface area (Å²) in [5.74, 6) is -1.05. The van der Waals surface area contributed by atoms with Gasteiger partial charge in [-0.15, -0.1) is 0 Å². The van der Waals surface area contributed by atoms with Gasteiger partial charge in [-0.1, -0.05) is 6.92 Å². The van der Waals surface area contributed by atoms with Crippen molar-refractivity contribution in [3.8, 4) is 11.8 Å². The number of nitrogens with zero attached hydrogens (tertiary/aromatic N) is 2. The minimum atomic E-state index is -0.795. The lowest BCUT2D eigenvalue weighted by molar-refractivity contribution is -0.173. The molecule has 0 radical (unpaired) electrons. The predicted octanol–water partition coefficient (Wildman–Crippen LogP) is 3.22. The number of nitriles is 1. The first-order valence-electron chi connectivity index (χ1n) is 8.58. The number of carbonyl (C=O) groups excluding carboxylic acids is 2. The molecule has 0 bridgehead atoms. The highest BCUT2D eigenvalue weighted by molar-refractivity contribution is 5.82. The van der Waals surface area contributed by atoms with Crippen LogP contribution in [0.15, 0.2) is 18.2 Å². The van der Waals surface area contributed by atoms with Crippen LogP contribution in [-0.2, 0) is 14.3 Å². The van der Waals surface area contributed by atoms with Crippen LogP contribution < -0.4 is 4.74 Å². The second-order valence-corrected chi connectivity index (χ2v) is 7.42. The molecule has 27 heavy (non-hydrogen) atoms. The lowest BCUT2D eigenvalue weighted by Crippen LogP contribution is -2.63. The molecule has 1 aliphatic rings. The maximum Gasteiger partial charge on any atom is 0.410 e. The van der Waals surface area contributed by atoms with Crippen LogP contribution in [0.3, 0.4) is 0 Å². The predicted molar refractivity (Wildman–Crippen MR) is 93.2 cm³/mol. The van der Waals surface area contributed by atoms with Crippen LogP contribution in [0.5, 0.6) is 5.75 Å². The summed E-state index contributed by atoms with van der Waals surface area (Å²) in [4.78, 5) is 25.9. The second kappa shape index (κ2) is 7.82. The zero-order chi connectivity index (χ0) is 20.2. The number of rotatable bonds is 5. The molecular formula is C19H23FN2O5. The number of amides is 1. The lowest BCUT2D eigenvalue weighted by Gasteiger charge is -2.47. The normalized spacial score (nSPS) is 15.3. The summed E-state index contributed by atoms with van der Waals surface area (Å²) in [7, 11) is 0. The Bertz CT molecular complexity index is 760. The molecular weight excluding hydrogens is 355 g/mol. The Morgan fingerprint density at radius 3 is 2.52 bits per heavy atom. The molecule has 1 aromatic carbocycles. The SMILES string of the molecule is CCC1(C(=O)OCOc2ccc(C#N)c(F)c2)CN(C(=O)OC(C)(C)C)C1.